The van der Waals surface area contributed by atoms with E-state index in [2.05, 4.69) is 0 Å². The molecule has 0 aromatic carbocycles. The maximum absolute atomic E-state index is 10.9. The van der Waals surface area contributed by atoms with Gasteiger partial charge in [0, 0.05) is 13.1 Å². The molecule has 0 amide bonds. The lowest BCUT2D eigenvalue weighted by Gasteiger charge is -2.11. The molecule has 1 aliphatic rings. The van der Waals surface area contributed by atoms with E-state index in [0.717, 1.165) is 5.57 Å². The van der Waals surface area contributed by atoms with Crippen LogP contribution < -0.4 is 0 Å². The second-order valence-electron chi connectivity index (χ2n) is 2.61. The Hall–Kier alpha value is -0.350. The quantitative estimate of drug-likeness (QED) is 0.515. The maximum atomic E-state index is 10.9. The van der Waals surface area contributed by atoms with Gasteiger partial charge in [0.25, 0.3) is 0 Å². The highest BCUT2D eigenvalue weighted by molar-refractivity contribution is 7.88. The van der Waals surface area contributed by atoms with Crippen LogP contribution in [0.3, 0.4) is 0 Å². The van der Waals surface area contributed by atoms with Crippen LogP contribution in [0.5, 0.6) is 0 Å². The zero-order valence-electron chi connectivity index (χ0n) is 6.16. The highest BCUT2D eigenvalue weighted by atomic mass is 32.2. The van der Waals surface area contributed by atoms with Crippen molar-refractivity contribution in [3.8, 4) is 0 Å². The molecule has 0 saturated heterocycles. The summed E-state index contributed by atoms with van der Waals surface area (Å²) in [5.41, 5.74) is 1.13. The van der Waals surface area contributed by atoms with Gasteiger partial charge in [-0.3, -0.25) is 0 Å². The molecule has 0 aromatic rings. The van der Waals surface area contributed by atoms with Gasteiger partial charge < -0.3 is 0 Å². The van der Waals surface area contributed by atoms with E-state index in [9.17, 15) is 8.42 Å². The Morgan fingerprint density at radius 3 is 2.40 bits per heavy atom. The van der Waals surface area contributed by atoms with E-state index in [1.165, 1.54) is 10.6 Å². The summed E-state index contributed by atoms with van der Waals surface area (Å²) >= 11 is 0. The predicted octanol–water partition coefficient (Wildman–Crippen LogP) is 0.208. The fourth-order valence-corrected chi connectivity index (χ4v) is 1.70. The fraction of sp³-hybridized carbons (Fsp3) is 0.667. The zero-order chi connectivity index (χ0) is 7.78. The van der Waals surface area contributed by atoms with Crippen molar-refractivity contribution in [2.24, 2.45) is 0 Å². The molecule has 10 heavy (non-hydrogen) atoms. The molecule has 0 aliphatic carbocycles. The van der Waals surface area contributed by atoms with Crippen molar-refractivity contribution in [2.45, 2.75) is 6.92 Å². The minimum absolute atomic E-state index is 0.546. The summed E-state index contributed by atoms with van der Waals surface area (Å²) in [6, 6.07) is 0. The van der Waals surface area contributed by atoms with Gasteiger partial charge in [0.15, 0.2) is 0 Å². The van der Waals surface area contributed by atoms with Crippen LogP contribution in [0.4, 0.5) is 0 Å². The summed E-state index contributed by atoms with van der Waals surface area (Å²) in [4.78, 5) is 0. The molecule has 4 heteroatoms. The second kappa shape index (κ2) is 2.36. The largest absolute Gasteiger partial charge is 0.212 e. The number of sulfonamides is 1. The summed E-state index contributed by atoms with van der Waals surface area (Å²) in [6.07, 6.45) is 3.17. The normalized spacial score (nSPS) is 21.2. The van der Waals surface area contributed by atoms with Crippen molar-refractivity contribution in [2.75, 3.05) is 19.3 Å². The average Bonchev–Trinajstić information content (AvgIpc) is 2.11. The highest BCUT2D eigenvalue weighted by Gasteiger charge is 2.19. The van der Waals surface area contributed by atoms with E-state index in [1.807, 2.05) is 13.0 Å². The van der Waals surface area contributed by atoms with Gasteiger partial charge in [-0.2, -0.15) is 4.31 Å². The predicted molar refractivity (Wildman–Crippen MR) is 40.2 cm³/mol. The van der Waals surface area contributed by atoms with Crippen molar-refractivity contribution in [1.29, 1.82) is 0 Å². The lowest BCUT2D eigenvalue weighted by Crippen LogP contribution is -2.27. The summed E-state index contributed by atoms with van der Waals surface area (Å²) in [5, 5.41) is 0. The molecule has 0 unspecified atom stereocenters. The van der Waals surface area contributed by atoms with Gasteiger partial charge in [-0.1, -0.05) is 11.6 Å². The van der Waals surface area contributed by atoms with Crippen LogP contribution in [-0.4, -0.2) is 32.1 Å². The molecule has 0 atom stereocenters. The molecule has 0 radical (unpaired) electrons. The molecule has 0 bridgehead atoms. The lowest BCUT2D eigenvalue weighted by atomic mass is 10.3. The molecule has 1 heterocycles. The molecule has 3 nitrogen and oxygen atoms in total. The third kappa shape index (κ3) is 1.58. The number of nitrogens with zero attached hydrogens (tertiary/aromatic N) is 1. The second-order valence-corrected chi connectivity index (χ2v) is 4.59. The summed E-state index contributed by atoms with van der Waals surface area (Å²) in [6.45, 7) is 3.05. The SMILES string of the molecule is CC1=CCN(S(C)(=O)=O)C1. The maximum Gasteiger partial charge on any atom is 0.211 e. The first-order valence-electron chi connectivity index (χ1n) is 3.11. The molecule has 0 N–H and O–H groups in total. The number of hydrogen-bond donors (Lipinski definition) is 0. The van der Waals surface area contributed by atoms with Gasteiger partial charge in [0.2, 0.25) is 10.0 Å². The van der Waals surface area contributed by atoms with Crippen LogP contribution in [0.1, 0.15) is 6.92 Å². The van der Waals surface area contributed by atoms with Crippen molar-refractivity contribution in [1.82, 2.24) is 4.31 Å². The Labute approximate surface area is 61.4 Å². The Morgan fingerprint density at radius 2 is 2.20 bits per heavy atom. The first-order valence-corrected chi connectivity index (χ1v) is 4.96. The summed E-state index contributed by atoms with van der Waals surface area (Å²) < 4.78 is 23.2. The van der Waals surface area contributed by atoms with Crippen LogP contribution in [0.15, 0.2) is 11.6 Å². The van der Waals surface area contributed by atoms with E-state index >= 15 is 0 Å². The highest BCUT2D eigenvalue weighted by Crippen LogP contribution is 2.10. The first-order chi connectivity index (χ1) is 4.50. The standard InChI is InChI=1S/C6H11NO2S/c1-6-3-4-7(5-6)10(2,8)9/h3H,4-5H2,1-2H3. The van der Waals surface area contributed by atoms with E-state index < -0.39 is 10.0 Å². The van der Waals surface area contributed by atoms with Crippen LogP contribution >= 0.6 is 0 Å². The van der Waals surface area contributed by atoms with Crippen molar-refractivity contribution in [3.05, 3.63) is 11.6 Å². The van der Waals surface area contributed by atoms with Gasteiger partial charge in [0.05, 0.1) is 6.26 Å². The fourth-order valence-electron chi connectivity index (χ4n) is 0.918. The van der Waals surface area contributed by atoms with Crippen LogP contribution in [-0.2, 0) is 10.0 Å². The molecule has 1 rings (SSSR count). The third-order valence-corrected chi connectivity index (χ3v) is 2.75. The minimum Gasteiger partial charge on any atom is -0.212 e. The van der Waals surface area contributed by atoms with E-state index in [-0.39, 0.29) is 0 Å². The Kier molecular flexibility index (Phi) is 1.83. The Morgan fingerprint density at radius 1 is 1.60 bits per heavy atom. The van der Waals surface area contributed by atoms with Gasteiger partial charge in [-0.15, -0.1) is 0 Å². The topological polar surface area (TPSA) is 37.4 Å². The van der Waals surface area contributed by atoms with Crippen molar-refractivity contribution in [3.63, 3.8) is 0 Å². The lowest BCUT2D eigenvalue weighted by molar-refractivity contribution is 0.490. The number of rotatable bonds is 1. The monoisotopic (exact) mass is 161 g/mol. The van der Waals surface area contributed by atoms with Crippen molar-refractivity contribution < 1.29 is 8.42 Å². The molecule has 1 aliphatic heterocycles. The average molecular weight is 161 g/mol. The van der Waals surface area contributed by atoms with E-state index in [1.54, 1.807) is 0 Å². The van der Waals surface area contributed by atoms with E-state index in [4.69, 9.17) is 0 Å². The molecule has 0 saturated carbocycles. The molecular weight excluding hydrogens is 150 g/mol. The Bertz CT molecular complexity index is 253. The van der Waals surface area contributed by atoms with Crippen LogP contribution in [0.25, 0.3) is 0 Å². The molecular formula is C6H11NO2S. The Balaban J connectivity index is 2.68. The first kappa shape index (κ1) is 7.75. The molecule has 0 fully saturated rings. The summed E-state index contributed by atoms with van der Waals surface area (Å²) in [5.74, 6) is 0. The molecule has 0 aromatic heterocycles. The minimum atomic E-state index is -2.95. The third-order valence-electron chi connectivity index (χ3n) is 1.54. The number of hydrogen-bond acceptors (Lipinski definition) is 2. The van der Waals surface area contributed by atoms with Gasteiger partial charge in [0.1, 0.15) is 0 Å². The van der Waals surface area contributed by atoms with E-state index in [0.29, 0.717) is 13.1 Å². The zero-order valence-corrected chi connectivity index (χ0v) is 6.98. The van der Waals surface area contributed by atoms with Gasteiger partial charge in [-0.05, 0) is 6.92 Å². The smallest absolute Gasteiger partial charge is 0.211 e. The molecule has 0 spiro atoms. The van der Waals surface area contributed by atoms with Crippen molar-refractivity contribution >= 4 is 10.0 Å². The van der Waals surface area contributed by atoms with Gasteiger partial charge >= 0.3 is 0 Å². The van der Waals surface area contributed by atoms with Crippen LogP contribution in [0.2, 0.25) is 0 Å². The summed E-state index contributed by atoms with van der Waals surface area (Å²) in [7, 11) is -2.95. The van der Waals surface area contributed by atoms with Crippen LogP contribution in [0, 0.1) is 0 Å². The van der Waals surface area contributed by atoms with Gasteiger partial charge in [-0.25, -0.2) is 8.42 Å². The molecule has 58 valence electrons.